The maximum absolute atomic E-state index is 12.6. The van der Waals surface area contributed by atoms with Gasteiger partial charge in [-0.1, -0.05) is 35.9 Å². The smallest absolute Gasteiger partial charge is 0.387 e. The van der Waals surface area contributed by atoms with Gasteiger partial charge in [-0.05, 0) is 41.0 Å². The van der Waals surface area contributed by atoms with Crippen LogP contribution in [0.5, 0.6) is 5.75 Å². The fourth-order valence-corrected chi connectivity index (χ4v) is 3.77. The van der Waals surface area contributed by atoms with Gasteiger partial charge in [0.25, 0.3) is 0 Å². The maximum atomic E-state index is 12.6. The summed E-state index contributed by atoms with van der Waals surface area (Å²) in [6, 6.07) is 12.7. The monoisotopic (exact) mass is 414 g/mol. The molecule has 0 saturated carbocycles. The molecule has 2 heterocycles. The van der Waals surface area contributed by atoms with Crippen molar-refractivity contribution in [3.05, 3.63) is 89.2 Å². The number of nitrogens with zero attached hydrogens (tertiary/aromatic N) is 2. The molecule has 0 fully saturated rings. The van der Waals surface area contributed by atoms with E-state index in [2.05, 4.69) is 20.0 Å². The van der Waals surface area contributed by atoms with Crippen LogP contribution in [0, 0.1) is 0 Å². The molecule has 1 unspecified atom stereocenters. The molecule has 148 valence electrons. The summed E-state index contributed by atoms with van der Waals surface area (Å²) in [6.07, 6.45) is 6.86. The molecule has 3 aromatic rings. The summed E-state index contributed by atoms with van der Waals surface area (Å²) in [5, 5.41) is 3.26. The van der Waals surface area contributed by atoms with Gasteiger partial charge in [0.05, 0.1) is 16.3 Å². The maximum Gasteiger partial charge on any atom is 0.387 e. The quantitative estimate of drug-likeness (QED) is 0.658. The van der Waals surface area contributed by atoms with Crippen molar-refractivity contribution in [3.8, 4) is 16.9 Å². The number of halogens is 3. The SMILES string of the molecule is NC1=CC(c2cccc(-c3cncnc3)c2)(c2ccc(OC(F)F)c(Cl)c2)CN1. The first-order chi connectivity index (χ1) is 14.0. The second-order valence-electron chi connectivity index (χ2n) is 6.66. The Labute approximate surface area is 171 Å². The Hall–Kier alpha value is -3.19. The van der Waals surface area contributed by atoms with Crippen LogP contribution in [-0.4, -0.2) is 23.1 Å². The minimum absolute atomic E-state index is 0.0707. The van der Waals surface area contributed by atoms with Crippen LogP contribution in [0.25, 0.3) is 11.1 Å². The molecule has 0 radical (unpaired) electrons. The molecule has 0 saturated heterocycles. The highest BCUT2D eigenvalue weighted by Crippen LogP contribution is 2.41. The van der Waals surface area contributed by atoms with E-state index >= 15 is 0 Å². The van der Waals surface area contributed by atoms with Gasteiger partial charge in [0.1, 0.15) is 12.1 Å². The summed E-state index contributed by atoms with van der Waals surface area (Å²) >= 11 is 6.22. The lowest BCUT2D eigenvalue weighted by Crippen LogP contribution is -2.31. The lowest BCUT2D eigenvalue weighted by atomic mass is 9.75. The van der Waals surface area contributed by atoms with Gasteiger partial charge in [0.15, 0.2) is 0 Å². The average Bonchev–Trinajstić information content (AvgIpc) is 3.13. The van der Waals surface area contributed by atoms with Crippen molar-refractivity contribution in [2.24, 2.45) is 5.73 Å². The van der Waals surface area contributed by atoms with Crippen LogP contribution in [0.4, 0.5) is 8.78 Å². The van der Waals surface area contributed by atoms with Gasteiger partial charge in [0, 0.05) is 24.5 Å². The van der Waals surface area contributed by atoms with E-state index in [1.165, 1.54) is 12.4 Å². The standard InChI is InChI=1S/C21H17ClF2N4O/c22-17-7-16(4-5-18(17)29-20(23)24)21(8-19(25)28-11-21)15-3-1-2-13(6-15)14-9-26-12-27-10-14/h1-10,12,20,28H,11,25H2. The zero-order chi connectivity index (χ0) is 20.4. The number of aromatic nitrogens is 2. The van der Waals surface area contributed by atoms with Crippen molar-refractivity contribution < 1.29 is 13.5 Å². The highest BCUT2D eigenvalue weighted by atomic mass is 35.5. The van der Waals surface area contributed by atoms with Crippen LogP contribution in [-0.2, 0) is 5.41 Å². The molecule has 1 aliphatic heterocycles. The van der Waals surface area contributed by atoms with E-state index in [0.717, 1.165) is 22.3 Å². The third-order valence-corrected chi connectivity index (χ3v) is 5.20. The normalized spacial score (nSPS) is 18.4. The fourth-order valence-electron chi connectivity index (χ4n) is 3.54. The molecular formula is C21H17ClF2N4O. The van der Waals surface area contributed by atoms with Gasteiger partial charge in [-0.25, -0.2) is 9.97 Å². The van der Waals surface area contributed by atoms with Crippen molar-refractivity contribution in [1.82, 2.24) is 15.3 Å². The number of rotatable bonds is 5. The molecule has 8 heteroatoms. The zero-order valence-corrected chi connectivity index (χ0v) is 15.9. The number of nitrogens with two attached hydrogens (primary N) is 1. The van der Waals surface area contributed by atoms with E-state index in [1.807, 2.05) is 30.3 Å². The minimum atomic E-state index is -2.94. The van der Waals surface area contributed by atoms with Crippen molar-refractivity contribution in [2.75, 3.05) is 6.54 Å². The van der Waals surface area contributed by atoms with E-state index < -0.39 is 12.0 Å². The lowest BCUT2D eigenvalue weighted by molar-refractivity contribution is -0.0497. The highest BCUT2D eigenvalue weighted by molar-refractivity contribution is 6.32. The second-order valence-corrected chi connectivity index (χ2v) is 7.06. The number of hydrogen-bond acceptors (Lipinski definition) is 5. The van der Waals surface area contributed by atoms with Crippen LogP contribution < -0.4 is 15.8 Å². The number of ether oxygens (including phenoxy) is 1. The second kappa shape index (κ2) is 7.67. The Morgan fingerprint density at radius 2 is 1.83 bits per heavy atom. The van der Waals surface area contributed by atoms with Gasteiger partial charge in [-0.2, -0.15) is 8.78 Å². The largest absolute Gasteiger partial charge is 0.433 e. The van der Waals surface area contributed by atoms with Gasteiger partial charge in [0.2, 0.25) is 0 Å². The molecule has 4 rings (SSSR count). The third-order valence-electron chi connectivity index (χ3n) is 4.91. The van der Waals surface area contributed by atoms with Crippen LogP contribution in [0.3, 0.4) is 0 Å². The topological polar surface area (TPSA) is 73.1 Å². The molecule has 0 amide bonds. The molecule has 5 nitrogen and oxygen atoms in total. The van der Waals surface area contributed by atoms with Crippen LogP contribution in [0.2, 0.25) is 5.02 Å². The van der Waals surface area contributed by atoms with E-state index in [9.17, 15) is 8.78 Å². The Bertz CT molecular complexity index is 1060. The third kappa shape index (κ3) is 3.73. The number of benzene rings is 2. The summed E-state index contributed by atoms with van der Waals surface area (Å²) < 4.78 is 29.6. The summed E-state index contributed by atoms with van der Waals surface area (Å²) in [4.78, 5) is 8.15. The van der Waals surface area contributed by atoms with E-state index in [-0.39, 0.29) is 10.8 Å². The molecule has 0 aliphatic carbocycles. The van der Waals surface area contributed by atoms with Gasteiger partial charge in [-0.3, -0.25) is 0 Å². The lowest BCUT2D eigenvalue weighted by Gasteiger charge is -2.29. The molecular weight excluding hydrogens is 398 g/mol. The fraction of sp³-hybridized carbons (Fsp3) is 0.143. The molecule has 2 aromatic carbocycles. The van der Waals surface area contributed by atoms with Crippen LogP contribution >= 0.6 is 11.6 Å². The summed E-state index contributed by atoms with van der Waals surface area (Å²) in [6.45, 7) is -2.44. The van der Waals surface area contributed by atoms with Crippen LogP contribution in [0.15, 0.2) is 73.1 Å². The van der Waals surface area contributed by atoms with E-state index in [0.29, 0.717) is 12.4 Å². The first kappa shape index (κ1) is 19.1. The number of nitrogens with one attached hydrogen (secondary N) is 1. The van der Waals surface area contributed by atoms with Crippen molar-refractivity contribution in [2.45, 2.75) is 12.0 Å². The molecule has 0 spiro atoms. The van der Waals surface area contributed by atoms with Gasteiger partial charge in [-0.15, -0.1) is 0 Å². The van der Waals surface area contributed by atoms with Crippen molar-refractivity contribution in [1.29, 1.82) is 0 Å². The van der Waals surface area contributed by atoms with Crippen LogP contribution in [0.1, 0.15) is 11.1 Å². The van der Waals surface area contributed by atoms with E-state index in [4.69, 9.17) is 17.3 Å². The zero-order valence-electron chi connectivity index (χ0n) is 15.1. The summed E-state index contributed by atoms with van der Waals surface area (Å²) in [5.74, 6) is 0.459. The first-order valence-corrected chi connectivity index (χ1v) is 9.19. The number of hydrogen-bond donors (Lipinski definition) is 2. The Balaban J connectivity index is 1.81. The van der Waals surface area contributed by atoms with E-state index in [1.54, 1.807) is 24.5 Å². The van der Waals surface area contributed by atoms with Gasteiger partial charge >= 0.3 is 6.61 Å². The van der Waals surface area contributed by atoms with Gasteiger partial charge < -0.3 is 15.8 Å². The predicted molar refractivity (Wildman–Crippen MR) is 107 cm³/mol. The molecule has 1 aliphatic rings. The van der Waals surface area contributed by atoms with Crippen molar-refractivity contribution in [3.63, 3.8) is 0 Å². The molecule has 3 N–H and O–H groups in total. The van der Waals surface area contributed by atoms with Crippen molar-refractivity contribution >= 4 is 11.6 Å². The predicted octanol–water partition coefficient (Wildman–Crippen LogP) is 4.09. The minimum Gasteiger partial charge on any atom is -0.433 e. The summed E-state index contributed by atoms with van der Waals surface area (Å²) in [7, 11) is 0. The molecule has 29 heavy (non-hydrogen) atoms. The Morgan fingerprint density at radius 1 is 1.07 bits per heavy atom. The molecule has 1 aromatic heterocycles. The average molecular weight is 415 g/mol. The first-order valence-electron chi connectivity index (χ1n) is 8.81. The highest BCUT2D eigenvalue weighted by Gasteiger charge is 2.37. The Kier molecular flexibility index (Phi) is 5.07. The Morgan fingerprint density at radius 3 is 2.48 bits per heavy atom. The molecule has 0 bridgehead atoms. The summed E-state index contributed by atoms with van der Waals surface area (Å²) in [5.41, 5.74) is 9.02. The number of alkyl halides is 2. The molecule has 1 atom stereocenters.